The number of nitrogens with zero attached hydrogens (tertiary/aromatic N) is 1. The summed E-state index contributed by atoms with van der Waals surface area (Å²) in [5.74, 6) is 1.25. The first-order valence-electron chi connectivity index (χ1n) is 7.79. The van der Waals surface area contributed by atoms with Crippen molar-refractivity contribution < 1.29 is 4.79 Å². The van der Waals surface area contributed by atoms with Crippen molar-refractivity contribution in [2.45, 2.75) is 33.7 Å². The van der Waals surface area contributed by atoms with Crippen molar-refractivity contribution in [2.75, 3.05) is 30.4 Å². The van der Waals surface area contributed by atoms with Crippen LogP contribution in [0.15, 0.2) is 18.2 Å². The molecule has 4 nitrogen and oxygen atoms in total. The second-order valence-corrected chi connectivity index (χ2v) is 6.68. The van der Waals surface area contributed by atoms with E-state index in [1.54, 1.807) is 0 Å². The molecule has 1 aliphatic rings. The number of benzene rings is 1. The first-order valence-corrected chi connectivity index (χ1v) is 7.79. The summed E-state index contributed by atoms with van der Waals surface area (Å²) in [6.45, 7) is 11.0. The van der Waals surface area contributed by atoms with Crippen LogP contribution in [0.1, 0.15) is 39.3 Å². The number of anilines is 2. The summed E-state index contributed by atoms with van der Waals surface area (Å²) in [7, 11) is 1.82. The van der Waals surface area contributed by atoms with Crippen molar-refractivity contribution in [1.29, 1.82) is 0 Å². The van der Waals surface area contributed by atoms with E-state index in [1.807, 2.05) is 7.05 Å². The number of carbonyl (C=O) groups is 1. The maximum atomic E-state index is 11.9. The van der Waals surface area contributed by atoms with E-state index in [-0.39, 0.29) is 11.9 Å². The van der Waals surface area contributed by atoms with E-state index in [2.05, 4.69) is 61.4 Å². The predicted molar refractivity (Wildman–Crippen MR) is 88.8 cm³/mol. The lowest BCUT2D eigenvalue weighted by Gasteiger charge is -2.29. The highest BCUT2D eigenvalue weighted by molar-refractivity contribution is 6.03. The van der Waals surface area contributed by atoms with E-state index in [0.29, 0.717) is 11.8 Å². The molecule has 0 fully saturated rings. The van der Waals surface area contributed by atoms with Gasteiger partial charge < -0.3 is 15.5 Å². The van der Waals surface area contributed by atoms with E-state index in [9.17, 15) is 4.79 Å². The Balaban J connectivity index is 2.27. The minimum atomic E-state index is -0.224. The zero-order valence-corrected chi connectivity index (χ0v) is 13.7. The van der Waals surface area contributed by atoms with Crippen molar-refractivity contribution in [3.05, 3.63) is 23.8 Å². The van der Waals surface area contributed by atoms with Crippen molar-refractivity contribution in [2.24, 2.45) is 11.8 Å². The van der Waals surface area contributed by atoms with Gasteiger partial charge in [-0.25, -0.2) is 0 Å². The molecule has 0 aliphatic carbocycles. The molecule has 1 amide bonds. The quantitative estimate of drug-likeness (QED) is 0.846. The Morgan fingerprint density at radius 2 is 1.81 bits per heavy atom. The number of fused-ring (bicyclic) bond motifs is 1. The molecule has 1 atom stereocenters. The molecule has 1 unspecified atom stereocenters. The zero-order valence-electron chi connectivity index (χ0n) is 13.7. The number of likely N-dealkylation sites (N-methyl/N-ethyl adjacent to an activating group) is 1. The lowest BCUT2D eigenvalue weighted by Crippen LogP contribution is -2.31. The molecule has 21 heavy (non-hydrogen) atoms. The van der Waals surface area contributed by atoms with Gasteiger partial charge in [-0.1, -0.05) is 33.8 Å². The van der Waals surface area contributed by atoms with Gasteiger partial charge in [0.1, 0.15) is 6.04 Å². The Labute approximate surface area is 127 Å². The van der Waals surface area contributed by atoms with Gasteiger partial charge in [0.05, 0.1) is 0 Å². The second-order valence-electron chi connectivity index (χ2n) is 6.68. The summed E-state index contributed by atoms with van der Waals surface area (Å²) in [5.41, 5.74) is 3.17. The van der Waals surface area contributed by atoms with Crippen molar-refractivity contribution in [3.8, 4) is 0 Å². The molecule has 1 aliphatic heterocycles. The van der Waals surface area contributed by atoms with E-state index < -0.39 is 0 Å². The Bertz CT molecular complexity index is 501. The first-order chi connectivity index (χ1) is 9.92. The Hall–Kier alpha value is -1.55. The molecule has 0 bridgehead atoms. The summed E-state index contributed by atoms with van der Waals surface area (Å²) in [6.07, 6.45) is 0. The molecule has 0 spiro atoms. The number of hydrogen-bond acceptors (Lipinski definition) is 3. The lowest BCUT2D eigenvalue weighted by atomic mass is 10.1. The average Bonchev–Trinajstić information content (AvgIpc) is 2.70. The molecular weight excluding hydrogens is 262 g/mol. The third-order valence-electron chi connectivity index (χ3n) is 3.69. The van der Waals surface area contributed by atoms with Crippen LogP contribution in [-0.4, -0.2) is 26.0 Å². The van der Waals surface area contributed by atoms with E-state index in [0.717, 1.165) is 24.3 Å². The maximum absolute atomic E-state index is 11.9. The van der Waals surface area contributed by atoms with Crippen molar-refractivity contribution in [1.82, 2.24) is 5.32 Å². The van der Waals surface area contributed by atoms with Crippen LogP contribution < -0.4 is 15.5 Å². The number of carbonyl (C=O) groups excluding carboxylic acids is 1. The molecule has 0 saturated heterocycles. The highest BCUT2D eigenvalue weighted by atomic mass is 16.2. The van der Waals surface area contributed by atoms with Gasteiger partial charge in [0.2, 0.25) is 5.91 Å². The predicted octanol–water partition coefficient (Wildman–Crippen LogP) is 3.02. The topological polar surface area (TPSA) is 44.4 Å². The lowest BCUT2D eigenvalue weighted by molar-refractivity contribution is -0.117. The minimum Gasteiger partial charge on any atom is -0.371 e. The van der Waals surface area contributed by atoms with E-state index in [4.69, 9.17) is 0 Å². The molecule has 0 saturated carbocycles. The fraction of sp³-hybridized carbons (Fsp3) is 0.588. The Kier molecular flexibility index (Phi) is 4.88. The molecule has 2 rings (SSSR count). The Morgan fingerprint density at radius 3 is 2.33 bits per heavy atom. The number of nitrogens with one attached hydrogen (secondary N) is 2. The van der Waals surface area contributed by atoms with Gasteiger partial charge in [0.25, 0.3) is 0 Å². The van der Waals surface area contributed by atoms with Gasteiger partial charge in [-0.05, 0) is 31.0 Å². The van der Waals surface area contributed by atoms with Crippen LogP contribution in [-0.2, 0) is 4.79 Å². The molecule has 1 aromatic carbocycles. The normalized spacial score (nSPS) is 17.3. The van der Waals surface area contributed by atoms with Crippen LogP contribution in [0.4, 0.5) is 11.4 Å². The van der Waals surface area contributed by atoms with Crippen LogP contribution in [0.25, 0.3) is 0 Å². The molecule has 0 aromatic heterocycles. The number of amides is 1. The molecule has 0 radical (unpaired) electrons. The minimum absolute atomic E-state index is 0.0314. The zero-order chi connectivity index (χ0) is 15.6. The number of hydrogen-bond donors (Lipinski definition) is 2. The standard InChI is InChI=1S/C17H27N3O/c1-11(2)9-20(10-12(3)4)13-6-7-14-15(8-13)19-17(21)16(14)18-5/h6-8,11-12,16,18H,9-10H2,1-5H3,(H,19,21). The van der Waals surface area contributed by atoms with Gasteiger partial charge in [0.15, 0.2) is 0 Å². The molecular formula is C17H27N3O. The largest absolute Gasteiger partial charge is 0.371 e. The summed E-state index contributed by atoms with van der Waals surface area (Å²) in [6, 6.07) is 6.08. The maximum Gasteiger partial charge on any atom is 0.246 e. The monoisotopic (exact) mass is 289 g/mol. The molecule has 116 valence electrons. The fourth-order valence-electron chi connectivity index (χ4n) is 2.90. The number of rotatable bonds is 6. The summed E-state index contributed by atoms with van der Waals surface area (Å²) >= 11 is 0. The smallest absolute Gasteiger partial charge is 0.246 e. The molecule has 4 heteroatoms. The first kappa shape index (κ1) is 15.8. The summed E-state index contributed by atoms with van der Waals surface area (Å²) < 4.78 is 0. The van der Waals surface area contributed by atoms with Gasteiger partial charge in [0, 0.05) is 30.0 Å². The van der Waals surface area contributed by atoms with Crippen LogP contribution >= 0.6 is 0 Å². The van der Waals surface area contributed by atoms with Crippen LogP contribution in [0.2, 0.25) is 0 Å². The molecule has 1 aromatic rings. The third-order valence-corrected chi connectivity index (χ3v) is 3.69. The van der Waals surface area contributed by atoms with E-state index >= 15 is 0 Å². The van der Waals surface area contributed by atoms with Gasteiger partial charge >= 0.3 is 0 Å². The third kappa shape index (κ3) is 3.56. The highest BCUT2D eigenvalue weighted by Gasteiger charge is 2.29. The van der Waals surface area contributed by atoms with Gasteiger partial charge in [-0.3, -0.25) is 4.79 Å². The highest BCUT2D eigenvalue weighted by Crippen LogP contribution is 2.34. The Morgan fingerprint density at radius 1 is 1.19 bits per heavy atom. The summed E-state index contributed by atoms with van der Waals surface area (Å²) in [5, 5.41) is 6.03. The van der Waals surface area contributed by atoms with E-state index in [1.165, 1.54) is 5.69 Å². The van der Waals surface area contributed by atoms with Crippen LogP contribution in [0, 0.1) is 11.8 Å². The van der Waals surface area contributed by atoms with Crippen molar-refractivity contribution >= 4 is 17.3 Å². The molecule has 1 heterocycles. The van der Waals surface area contributed by atoms with Gasteiger partial charge in [-0.15, -0.1) is 0 Å². The van der Waals surface area contributed by atoms with Crippen LogP contribution in [0.5, 0.6) is 0 Å². The average molecular weight is 289 g/mol. The fourth-order valence-corrected chi connectivity index (χ4v) is 2.90. The second kappa shape index (κ2) is 6.48. The van der Waals surface area contributed by atoms with Gasteiger partial charge in [-0.2, -0.15) is 0 Å². The summed E-state index contributed by atoms with van der Waals surface area (Å²) in [4.78, 5) is 14.3. The molecule has 2 N–H and O–H groups in total. The van der Waals surface area contributed by atoms with Crippen molar-refractivity contribution in [3.63, 3.8) is 0 Å². The SMILES string of the molecule is CNC1C(=O)Nc2cc(N(CC(C)C)CC(C)C)ccc21. The van der Waals surface area contributed by atoms with Crippen LogP contribution in [0.3, 0.4) is 0 Å².